The molecule has 0 bridgehead atoms. The lowest BCUT2D eigenvalue weighted by atomic mass is 9.82. The van der Waals surface area contributed by atoms with Gasteiger partial charge in [-0.05, 0) is 36.8 Å². The SMILES string of the molecule is CCCCCC(=O)Oc1c(Cc2cc(C)cc3c2OCC3(C)C)cc(C)cc1C(C)(C)C. The van der Waals surface area contributed by atoms with E-state index in [1.54, 1.807) is 0 Å². The molecule has 2 aromatic carbocycles. The van der Waals surface area contributed by atoms with Crippen molar-refractivity contribution in [3.05, 3.63) is 57.6 Å². The van der Waals surface area contributed by atoms with Gasteiger partial charge < -0.3 is 9.47 Å². The molecule has 3 rings (SSSR count). The van der Waals surface area contributed by atoms with E-state index in [4.69, 9.17) is 9.47 Å². The number of hydrogen-bond acceptors (Lipinski definition) is 3. The zero-order valence-electron chi connectivity index (χ0n) is 21.3. The van der Waals surface area contributed by atoms with Crippen molar-refractivity contribution in [1.29, 1.82) is 0 Å². The standard InChI is InChI=1S/C29H40O3/c1-9-10-11-12-25(30)32-27-22(14-19(2)15-23(27)28(4,5)6)17-21-13-20(3)16-24-26(21)31-18-29(24,7)8/h13-16H,9-12,17-18H2,1-8H3. The van der Waals surface area contributed by atoms with Crippen LogP contribution < -0.4 is 9.47 Å². The van der Waals surface area contributed by atoms with Gasteiger partial charge in [-0.25, -0.2) is 0 Å². The molecular weight excluding hydrogens is 396 g/mol. The van der Waals surface area contributed by atoms with Crippen LogP contribution in [0.5, 0.6) is 11.5 Å². The number of carbonyl (C=O) groups excluding carboxylic acids is 1. The Morgan fingerprint density at radius 2 is 1.69 bits per heavy atom. The molecule has 32 heavy (non-hydrogen) atoms. The first-order valence-electron chi connectivity index (χ1n) is 12.0. The van der Waals surface area contributed by atoms with Crippen LogP contribution in [0.1, 0.15) is 101 Å². The number of benzene rings is 2. The Labute approximate surface area is 194 Å². The van der Waals surface area contributed by atoms with E-state index in [-0.39, 0.29) is 16.8 Å². The Balaban J connectivity index is 2.05. The van der Waals surface area contributed by atoms with E-state index in [1.807, 2.05) is 0 Å². The van der Waals surface area contributed by atoms with Crippen molar-refractivity contribution in [2.75, 3.05) is 6.61 Å². The largest absolute Gasteiger partial charge is 0.492 e. The summed E-state index contributed by atoms with van der Waals surface area (Å²) in [5.41, 5.74) is 6.87. The predicted molar refractivity (Wildman–Crippen MR) is 132 cm³/mol. The molecule has 0 saturated carbocycles. The number of carbonyl (C=O) groups is 1. The zero-order chi connectivity index (χ0) is 23.7. The predicted octanol–water partition coefficient (Wildman–Crippen LogP) is 7.35. The normalized spacial score (nSPS) is 14.8. The van der Waals surface area contributed by atoms with E-state index >= 15 is 0 Å². The molecule has 0 radical (unpaired) electrons. The van der Waals surface area contributed by atoms with Crippen LogP contribution in [0.15, 0.2) is 24.3 Å². The number of esters is 1. The maximum Gasteiger partial charge on any atom is 0.311 e. The van der Waals surface area contributed by atoms with Gasteiger partial charge in [-0.2, -0.15) is 0 Å². The summed E-state index contributed by atoms with van der Waals surface area (Å²) in [6, 6.07) is 8.79. The van der Waals surface area contributed by atoms with E-state index in [0.717, 1.165) is 41.9 Å². The second-order valence-electron chi connectivity index (χ2n) is 11.1. The number of aryl methyl sites for hydroxylation is 2. The Morgan fingerprint density at radius 3 is 2.34 bits per heavy atom. The second-order valence-corrected chi connectivity index (χ2v) is 11.1. The van der Waals surface area contributed by atoms with Crippen LogP contribution in [0.2, 0.25) is 0 Å². The molecule has 2 aromatic rings. The summed E-state index contributed by atoms with van der Waals surface area (Å²) in [5.74, 6) is 1.60. The third-order valence-electron chi connectivity index (χ3n) is 6.32. The molecule has 174 valence electrons. The minimum atomic E-state index is -0.138. The van der Waals surface area contributed by atoms with Crippen molar-refractivity contribution in [3.63, 3.8) is 0 Å². The van der Waals surface area contributed by atoms with Crippen molar-refractivity contribution >= 4 is 5.97 Å². The van der Waals surface area contributed by atoms with Gasteiger partial charge in [0.05, 0.1) is 6.61 Å². The van der Waals surface area contributed by atoms with Crippen LogP contribution in [0.25, 0.3) is 0 Å². The lowest BCUT2D eigenvalue weighted by Crippen LogP contribution is -2.18. The molecular formula is C29H40O3. The van der Waals surface area contributed by atoms with Crippen LogP contribution in [0, 0.1) is 13.8 Å². The second kappa shape index (κ2) is 9.29. The highest BCUT2D eigenvalue weighted by atomic mass is 16.5. The summed E-state index contributed by atoms with van der Waals surface area (Å²) in [6.45, 7) is 18.1. The molecule has 3 heteroatoms. The fourth-order valence-corrected chi connectivity index (χ4v) is 4.53. The average Bonchev–Trinajstić information content (AvgIpc) is 2.98. The molecule has 0 atom stereocenters. The van der Waals surface area contributed by atoms with Gasteiger partial charge >= 0.3 is 5.97 Å². The minimum Gasteiger partial charge on any atom is -0.492 e. The maximum absolute atomic E-state index is 12.7. The Hall–Kier alpha value is -2.29. The Morgan fingerprint density at radius 1 is 1.03 bits per heavy atom. The monoisotopic (exact) mass is 436 g/mol. The number of hydrogen-bond donors (Lipinski definition) is 0. The van der Waals surface area contributed by atoms with Gasteiger partial charge in [0.15, 0.2) is 0 Å². The first kappa shape index (κ1) is 24.4. The first-order chi connectivity index (χ1) is 14.9. The number of fused-ring (bicyclic) bond motifs is 1. The summed E-state index contributed by atoms with van der Waals surface area (Å²) in [4.78, 5) is 12.7. The molecule has 0 amide bonds. The lowest BCUT2D eigenvalue weighted by Gasteiger charge is -2.25. The summed E-state index contributed by atoms with van der Waals surface area (Å²) < 4.78 is 12.3. The van der Waals surface area contributed by atoms with Gasteiger partial charge in [-0.3, -0.25) is 4.79 Å². The molecule has 1 aliphatic rings. The lowest BCUT2D eigenvalue weighted by molar-refractivity contribution is -0.134. The fraction of sp³-hybridized carbons (Fsp3) is 0.552. The van der Waals surface area contributed by atoms with Gasteiger partial charge in [0.2, 0.25) is 0 Å². The van der Waals surface area contributed by atoms with E-state index in [9.17, 15) is 4.79 Å². The summed E-state index contributed by atoms with van der Waals surface area (Å²) in [7, 11) is 0. The van der Waals surface area contributed by atoms with Gasteiger partial charge in [-0.1, -0.05) is 89.8 Å². The summed E-state index contributed by atoms with van der Waals surface area (Å²) >= 11 is 0. The first-order valence-corrected chi connectivity index (χ1v) is 12.0. The Bertz CT molecular complexity index is 992. The third kappa shape index (κ3) is 5.36. The van der Waals surface area contributed by atoms with E-state index in [0.29, 0.717) is 19.4 Å². The molecule has 0 N–H and O–H groups in total. The summed E-state index contributed by atoms with van der Waals surface area (Å²) in [5, 5.41) is 0. The molecule has 3 nitrogen and oxygen atoms in total. The molecule has 0 aromatic heterocycles. The van der Waals surface area contributed by atoms with Gasteiger partial charge in [0.1, 0.15) is 11.5 Å². The third-order valence-corrected chi connectivity index (χ3v) is 6.32. The topological polar surface area (TPSA) is 35.5 Å². The van der Waals surface area contributed by atoms with Gasteiger partial charge in [0.25, 0.3) is 0 Å². The van der Waals surface area contributed by atoms with Crippen LogP contribution >= 0.6 is 0 Å². The van der Waals surface area contributed by atoms with E-state index in [2.05, 4.69) is 79.7 Å². The Kier molecular flexibility index (Phi) is 7.07. The molecule has 0 aliphatic carbocycles. The van der Waals surface area contributed by atoms with Crippen molar-refractivity contribution in [3.8, 4) is 11.5 Å². The zero-order valence-corrected chi connectivity index (χ0v) is 21.3. The van der Waals surface area contributed by atoms with E-state index < -0.39 is 0 Å². The molecule has 0 saturated heterocycles. The van der Waals surface area contributed by atoms with Crippen LogP contribution in [-0.2, 0) is 22.0 Å². The van der Waals surface area contributed by atoms with Crippen molar-refractivity contribution < 1.29 is 14.3 Å². The van der Waals surface area contributed by atoms with Crippen molar-refractivity contribution in [2.24, 2.45) is 0 Å². The molecule has 1 heterocycles. The van der Waals surface area contributed by atoms with Crippen LogP contribution in [-0.4, -0.2) is 12.6 Å². The number of unbranched alkanes of at least 4 members (excludes halogenated alkanes) is 2. The highest BCUT2D eigenvalue weighted by molar-refractivity contribution is 5.74. The van der Waals surface area contributed by atoms with Gasteiger partial charge in [0, 0.05) is 29.4 Å². The molecule has 1 aliphatic heterocycles. The smallest absolute Gasteiger partial charge is 0.311 e. The van der Waals surface area contributed by atoms with Crippen LogP contribution in [0.3, 0.4) is 0 Å². The van der Waals surface area contributed by atoms with Crippen LogP contribution in [0.4, 0.5) is 0 Å². The van der Waals surface area contributed by atoms with Gasteiger partial charge in [-0.15, -0.1) is 0 Å². The maximum atomic E-state index is 12.7. The van der Waals surface area contributed by atoms with Crippen molar-refractivity contribution in [1.82, 2.24) is 0 Å². The molecule has 0 spiro atoms. The molecule has 0 fully saturated rings. The minimum absolute atomic E-state index is 0.00779. The number of ether oxygens (including phenoxy) is 2. The average molecular weight is 437 g/mol. The quantitative estimate of drug-likeness (QED) is 0.259. The molecule has 0 unspecified atom stereocenters. The fourth-order valence-electron chi connectivity index (χ4n) is 4.53. The summed E-state index contributed by atoms with van der Waals surface area (Å²) in [6.07, 6.45) is 4.15. The van der Waals surface area contributed by atoms with E-state index in [1.165, 1.54) is 22.3 Å². The number of rotatable bonds is 7. The highest BCUT2D eigenvalue weighted by Gasteiger charge is 2.34. The van der Waals surface area contributed by atoms with Crippen molar-refractivity contribution in [2.45, 2.75) is 98.3 Å². The highest BCUT2D eigenvalue weighted by Crippen LogP contribution is 2.44.